The van der Waals surface area contributed by atoms with E-state index in [4.69, 9.17) is 4.74 Å². The lowest BCUT2D eigenvalue weighted by Gasteiger charge is -2.21. The molecule has 3 aromatic carbocycles. The van der Waals surface area contributed by atoms with Gasteiger partial charge in [0.05, 0.1) is 18.2 Å². The molecule has 0 radical (unpaired) electrons. The van der Waals surface area contributed by atoms with Crippen LogP contribution in [-0.4, -0.2) is 47.4 Å². The average Bonchev–Trinajstić information content (AvgIpc) is 2.78. The van der Waals surface area contributed by atoms with Crippen molar-refractivity contribution in [3.05, 3.63) is 84.4 Å². The van der Waals surface area contributed by atoms with Gasteiger partial charge in [0, 0.05) is 19.8 Å². The summed E-state index contributed by atoms with van der Waals surface area (Å²) in [5, 5.41) is 3.93. The van der Waals surface area contributed by atoms with Crippen molar-refractivity contribution < 1.29 is 17.9 Å². The first-order valence-corrected chi connectivity index (χ1v) is 12.0. The number of sulfonamides is 1. The highest BCUT2D eigenvalue weighted by Crippen LogP contribution is 2.25. The summed E-state index contributed by atoms with van der Waals surface area (Å²) in [6.45, 7) is -0.408. The molecule has 0 saturated carbocycles. The SMILES string of the molecule is CN(C)c1ccc(/C=N/NC(=O)CN(c2ccc(Oc3ccccc3)cc2)S(C)(=O)=O)cc1. The smallest absolute Gasteiger partial charge is 0.260 e. The Hall–Kier alpha value is -3.85. The monoisotopic (exact) mass is 466 g/mol. The van der Waals surface area contributed by atoms with Gasteiger partial charge in [-0.3, -0.25) is 9.10 Å². The first kappa shape index (κ1) is 23.8. The van der Waals surface area contributed by atoms with Crippen LogP contribution < -0.4 is 19.4 Å². The van der Waals surface area contributed by atoms with Crippen molar-refractivity contribution in [1.82, 2.24) is 5.43 Å². The second kappa shape index (κ2) is 10.6. The molecule has 1 amide bonds. The number of ether oxygens (including phenoxy) is 1. The second-order valence-electron chi connectivity index (χ2n) is 7.46. The summed E-state index contributed by atoms with van der Waals surface area (Å²) >= 11 is 0. The van der Waals surface area contributed by atoms with Gasteiger partial charge in [-0.05, 0) is 54.1 Å². The molecule has 9 heteroatoms. The number of benzene rings is 3. The van der Waals surface area contributed by atoms with Crippen LogP contribution in [0.5, 0.6) is 11.5 Å². The Morgan fingerprint density at radius 3 is 2.06 bits per heavy atom. The van der Waals surface area contributed by atoms with E-state index in [2.05, 4.69) is 10.5 Å². The fraction of sp³-hybridized carbons (Fsp3) is 0.167. The van der Waals surface area contributed by atoms with Crippen molar-refractivity contribution in [1.29, 1.82) is 0 Å². The maximum Gasteiger partial charge on any atom is 0.260 e. The molecule has 0 aliphatic rings. The highest BCUT2D eigenvalue weighted by Gasteiger charge is 2.20. The number of nitrogens with one attached hydrogen (secondary N) is 1. The van der Waals surface area contributed by atoms with Crippen molar-refractivity contribution in [3.63, 3.8) is 0 Å². The number of hydrazone groups is 1. The molecule has 33 heavy (non-hydrogen) atoms. The third-order valence-electron chi connectivity index (χ3n) is 4.60. The van der Waals surface area contributed by atoms with Gasteiger partial charge in [-0.25, -0.2) is 13.8 Å². The lowest BCUT2D eigenvalue weighted by Crippen LogP contribution is -2.39. The lowest BCUT2D eigenvalue weighted by atomic mass is 10.2. The number of hydrogen-bond acceptors (Lipinski definition) is 6. The van der Waals surface area contributed by atoms with Crippen molar-refractivity contribution in [2.75, 3.05) is 36.1 Å². The molecule has 0 heterocycles. The van der Waals surface area contributed by atoms with Gasteiger partial charge in [-0.2, -0.15) is 5.10 Å². The van der Waals surface area contributed by atoms with E-state index in [0.717, 1.165) is 21.8 Å². The maximum absolute atomic E-state index is 12.4. The molecule has 0 saturated heterocycles. The van der Waals surface area contributed by atoms with Crippen LogP contribution in [0.4, 0.5) is 11.4 Å². The summed E-state index contributed by atoms with van der Waals surface area (Å²) in [6.07, 6.45) is 2.54. The Labute approximate surface area is 194 Å². The van der Waals surface area contributed by atoms with Crippen molar-refractivity contribution in [2.45, 2.75) is 0 Å². The Morgan fingerprint density at radius 1 is 0.909 bits per heavy atom. The summed E-state index contributed by atoms with van der Waals surface area (Å²) in [5.41, 5.74) is 4.56. The van der Waals surface area contributed by atoms with Crippen molar-refractivity contribution in [2.24, 2.45) is 5.10 Å². The molecule has 0 bridgehead atoms. The van der Waals surface area contributed by atoms with E-state index in [1.807, 2.05) is 73.6 Å². The minimum absolute atomic E-state index is 0.344. The molecule has 0 aliphatic heterocycles. The third-order valence-corrected chi connectivity index (χ3v) is 5.74. The third kappa shape index (κ3) is 7.08. The molecular formula is C24H26N4O4S. The summed E-state index contributed by atoms with van der Waals surface area (Å²) < 4.78 is 31.3. The predicted molar refractivity (Wildman–Crippen MR) is 132 cm³/mol. The number of para-hydroxylation sites is 1. The summed E-state index contributed by atoms with van der Waals surface area (Å²) in [6, 6.07) is 23.3. The quantitative estimate of drug-likeness (QED) is 0.385. The molecule has 0 aliphatic carbocycles. The second-order valence-corrected chi connectivity index (χ2v) is 9.36. The Balaban J connectivity index is 1.63. The summed E-state index contributed by atoms with van der Waals surface area (Å²) in [7, 11) is 0.191. The highest BCUT2D eigenvalue weighted by atomic mass is 32.2. The van der Waals surface area contributed by atoms with Crippen LogP contribution in [0, 0.1) is 0 Å². The number of amides is 1. The standard InChI is InChI=1S/C24H26N4O4S/c1-27(2)20-11-9-19(10-12-20)17-25-26-24(29)18-28(33(3,30)31)21-13-15-23(16-14-21)32-22-7-5-4-6-8-22/h4-17H,18H2,1-3H3,(H,26,29)/b25-17+. The first-order chi connectivity index (χ1) is 15.7. The Morgan fingerprint density at radius 2 is 1.48 bits per heavy atom. The first-order valence-electron chi connectivity index (χ1n) is 10.1. The van der Waals surface area contributed by atoms with Crippen molar-refractivity contribution in [3.8, 4) is 11.5 Å². The maximum atomic E-state index is 12.4. The number of anilines is 2. The van der Waals surface area contributed by atoms with Gasteiger partial charge in [-0.15, -0.1) is 0 Å². The molecule has 0 unspecified atom stereocenters. The van der Waals surface area contributed by atoms with E-state index in [-0.39, 0.29) is 0 Å². The van der Waals surface area contributed by atoms with Crippen molar-refractivity contribution >= 4 is 33.5 Å². The zero-order valence-corrected chi connectivity index (χ0v) is 19.5. The molecule has 3 rings (SSSR count). The fourth-order valence-electron chi connectivity index (χ4n) is 2.91. The molecule has 8 nitrogen and oxygen atoms in total. The van der Waals surface area contributed by atoms with Crippen LogP contribution in [0.1, 0.15) is 5.56 Å². The minimum Gasteiger partial charge on any atom is -0.457 e. The highest BCUT2D eigenvalue weighted by molar-refractivity contribution is 7.92. The molecule has 0 fully saturated rings. The van der Waals surface area contributed by atoms with Gasteiger partial charge in [0.1, 0.15) is 18.0 Å². The van der Waals surface area contributed by atoms with Crippen LogP contribution in [0.2, 0.25) is 0 Å². The largest absolute Gasteiger partial charge is 0.457 e. The van der Waals surface area contributed by atoms with Crippen LogP contribution in [-0.2, 0) is 14.8 Å². The van der Waals surface area contributed by atoms with E-state index >= 15 is 0 Å². The number of carbonyl (C=O) groups excluding carboxylic acids is 1. The fourth-order valence-corrected chi connectivity index (χ4v) is 3.76. The molecule has 172 valence electrons. The van der Waals surface area contributed by atoms with E-state index in [1.54, 1.807) is 24.3 Å². The average molecular weight is 467 g/mol. The van der Waals surface area contributed by atoms with Gasteiger partial charge in [0.15, 0.2) is 0 Å². The Kier molecular flexibility index (Phi) is 7.68. The van der Waals surface area contributed by atoms with Gasteiger partial charge >= 0.3 is 0 Å². The van der Waals surface area contributed by atoms with Gasteiger partial charge in [0.2, 0.25) is 10.0 Å². The molecular weight excluding hydrogens is 440 g/mol. The molecule has 0 aromatic heterocycles. The normalized spacial score (nSPS) is 11.2. The zero-order chi connectivity index (χ0) is 23.8. The van der Waals surface area contributed by atoms with Crippen LogP contribution >= 0.6 is 0 Å². The van der Waals surface area contributed by atoms with Gasteiger partial charge in [0.25, 0.3) is 5.91 Å². The van der Waals surface area contributed by atoms with Crippen LogP contribution in [0.3, 0.4) is 0 Å². The zero-order valence-electron chi connectivity index (χ0n) is 18.7. The summed E-state index contributed by atoms with van der Waals surface area (Å²) in [5.74, 6) is 0.651. The number of hydrogen-bond donors (Lipinski definition) is 1. The van der Waals surface area contributed by atoms with E-state index in [0.29, 0.717) is 17.2 Å². The molecule has 1 N–H and O–H groups in total. The van der Waals surface area contributed by atoms with Crippen LogP contribution in [0.25, 0.3) is 0 Å². The molecule has 0 spiro atoms. The lowest BCUT2D eigenvalue weighted by molar-refractivity contribution is -0.119. The van der Waals surface area contributed by atoms with Crippen LogP contribution in [0.15, 0.2) is 84.0 Å². The molecule has 0 atom stereocenters. The van der Waals surface area contributed by atoms with E-state index < -0.39 is 22.5 Å². The van der Waals surface area contributed by atoms with E-state index in [1.165, 1.54) is 6.21 Å². The number of carbonyl (C=O) groups is 1. The molecule has 3 aromatic rings. The Bertz CT molecular complexity index is 1190. The number of nitrogens with zero attached hydrogens (tertiary/aromatic N) is 3. The van der Waals surface area contributed by atoms with E-state index in [9.17, 15) is 13.2 Å². The van der Waals surface area contributed by atoms with Gasteiger partial charge < -0.3 is 9.64 Å². The van der Waals surface area contributed by atoms with Gasteiger partial charge in [-0.1, -0.05) is 30.3 Å². The predicted octanol–water partition coefficient (Wildman–Crippen LogP) is 3.46. The minimum atomic E-state index is -3.70. The summed E-state index contributed by atoms with van der Waals surface area (Å²) in [4.78, 5) is 14.3. The topological polar surface area (TPSA) is 91.3 Å². The number of rotatable bonds is 9.